The number of nitrogens with two attached hydrogens (primary N) is 1. The fourth-order valence-corrected chi connectivity index (χ4v) is 1.81. The molecule has 90 valence electrons. The Labute approximate surface area is 101 Å². The van der Waals surface area contributed by atoms with Crippen LogP contribution in [0.25, 0.3) is 0 Å². The lowest BCUT2D eigenvalue weighted by molar-refractivity contribution is -0.115. The number of aryl methyl sites for hydroxylation is 2. The molecule has 17 heavy (non-hydrogen) atoms. The fourth-order valence-electron chi connectivity index (χ4n) is 1.81. The number of benzene rings is 1. The smallest absolute Gasteiger partial charge is 0.229 e. The Morgan fingerprint density at radius 3 is 2.71 bits per heavy atom. The molecule has 1 aromatic rings. The molecule has 0 heterocycles. The Balaban J connectivity index is 2.34. The Morgan fingerprint density at radius 2 is 2.18 bits per heavy atom. The number of hydrazine groups is 1. The van der Waals surface area contributed by atoms with Gasteiger partial charge >= 0.3 is 0 Å². The number of amides is 1. The summed E-state index contributed by atoms with van der Waals surface area (Å²) < 4.78 is 0. The van der Waals surface area contributed by atoms with E-state index in [1.807, 2.05) is 26.0 Å². The number of amidine groups is 1. The second-order valence-electron chi connectivity index (χ2n) is 4.55. The summed E-state index contributed by atoms with van der Waals surface area (Å²) >= 11 is 0. The van der Waals surface area contributed by atoms with E-state index < -0.39 is 0 Å². The lowest BCUT2D eigenvalue weighted by atomic mass is 10.1. The van der Waals surface area contributed by atoms with Crippen molar-refractivity contribution in [1.29, 1.82) is 0 Å². The molecule has 4 heteroatoms. The number of aliphatic imine (C=N–C) groups is 1. The van der Waals surface area contributed by atoms with E-state index in [-0.39, 0.29) is 0 Å². The van der Waals surface area contributed by atoms with E-state index in [4.69, 9.17) is 5.84 Å². The Kier molecular flexibility index (Phi) is 3.24. The van der Waals surface area contributed by atoms with E-state index in [0.29, 0.717) is 18.2 Å². The van der Waals surface area contributed by atoms with Crippen molar-refractivity contribution in [3.63, 3.8) is 0 Å². The van der Waals surface area contributed by atoms with Crippen molar-refractivity contribution in [3.8, 4) is 0 Å². The predicted molar refractivity (Wildman–Crippen MR) is 67.8 cm³/mol. The van der Waals surface area contributed by atoms with Crippen LogP contribution in [0.2, 0.25) is 0 Å². The molecule has 0 atom stereocenters. The van der Waals surface area contributed by atoms with Crippen LogP contribution >= 0.6 is 0 Å². The van der Waals surface area contributed by atoms with Crippen LogP contribution in [-0.4, -0.2) is 17.3 Å². The van der Waals surface area contributed by atoms with Crippen LogP contribution in [0.5, 0.6) is 0 Å². The van der Waals surface area contributed by atoms with E-state index in [0.717, 1.165) is 29.1 Å². The second-order valence-corrected chi connectivity index (χ2v) is 4.55. The van der Waals surface area contributed by atoms with Gasteiger partial charge in [0.2, 0.25) is 6.41 Å². The minimum absolute atomic E-state index is 0.339. The van der Waals surface area contributed by atoms with Gasteiger partial charge in [-0.05, 0) is 38.3 Å². The summed E-state index contributed by atoms with van der Waals surface area (Å²) in [6.45, 7) is 4.06. The van der Waals surface area contributed by atoms with Crippen LogP contribution < -0.4 is 5.84 Å². The minimum Gasteiger partial charge on any atom is -0.277 e. The molecule has 1 amide bonds. The predicted octanol–water partition coefficient (Wildman–Crippen LogP) is 2.08. The average Bonchev–Trinajstić information content (AvgIpc) is 3.11. The van der Waals surface area contributed by atoms with Crippen molar-refractivity contribution in [1.82, 2.24) is 5.01 Å². The minimum atomic E-state index is 0.339. The summed E-state index contributed by atoms with van der Waals surface area (Å²) in [5.41, 5.74) is 3.19. The van der Waals surface area contributed by atoms with Gasteiger partial charge in [-0.3, -0.25) is 4.79 Å². The van der Waals surface area contributed by atoms with Gasteiger partial charge in [-0.25, -0.2) is 15.8 Å². The Bertz CT molecular complexity index is 464. The third kappa shape index (κ3) is 2.71. The van der Waals surface area contributed by atoms with Crippen LogP contribution in [0.4, 0.5) is 5.69 Å². The normalized spacial score (nSPS) is 15.8. The summed E-state index contributed by atoms with van der Waals surface area (Å²) in [7, 11) is 0. The first-order chi connectivity index (χ1) is 8.11. The average molecular weight is 231 g/mol. The topological polar surface area (TPSA) is 58.7 Å². The highest BCUT2D eigenvalue weighted by Gasteiger charge is 2.30. The van der Waals surface area contributed by atoms with Crippen molar-refractivity contribution >= 4 is 17.9 Å². The molecular formula is C13H17N3O. The molecule has 0 radical (unpaired) electrons. The standard InChI is InChI=1S/C13H17N3O/c1-9-3-6-12(10(2)7-9)15-13(11-4-5-11)16(14)8-17/h3,6-8,11H,4-5,14H2,1-2H3. The SMILES string of the molecule is Cc1ccc(N=C(C2CC2)N(N)C=O)c(C)c1. The maximum Gasteiger partial charge on any atom is 0.229 e. The first-order valence-electron chi connectivity index (χ1n) is 5.77. The van der Waals surface area contributed by atoms with Crippen molar-refractivity contribution in [2.24, 2.45) is 16.8 Å². The number of nitrogens with zero attached hydrogens (tertiary/aromatic N) is 2. The molecule has 1 aliphatic rings. The molecule has 4 nitrogen and oxygen atoms in total. The Hall–Kier alpha value is -1.68. The zero-order chi connectivity index (χ0) is 12.4. The molecule has 0 unspecified atom stereocenters. The molecule has 1 fully saturated rings. The van der Waals surface area contributed by atoms with E-state index >= 15 is 0 Å². The fraction of sp³-hybridized carbons (Fsp3) is 0.385. The van der Waals surface area contributed by atoms with Gasteiger partial charge in [-0.1, -0.05) is 17.7 Å². The molecule has 1 saturated carbocycles. The van der Waals surface area contributed by atoms with Crippen LogP contribution in [-0.2, 0) is 4.79 Å². The summed E-state index contributed by atoms with van der Waals surface area (Å²) in [4.78, 5) is 15.2. The quantitative estimate of drug-likeness (QED) is 0.216. The first-order valence-corrected chi connectivity index (χ1v) is 5.77. The maximum atomic E-state index is 10.7. The van der Waals surface area contributed by atoms with Gasteiger partial charge in [-0.15, -0.1) is 0 Å². The number of rotatable bonds is 3. The van der Waals surface area contributed by atoms with Crippen molar-refractivity contribution in [2.75, 3.05) is 0 Å². The van der Waals surface area contributed by atoms with E-state index in [1.54, 1.807) is 0 Å². The van der Waals surface area contributed by atoms with Gasteiger partial charge < -0.3 is 0 Å². The highest BCUT2D eigenvalue weighted by Crippen LogP contribution is 2.33. The van der Waals surface area contributed by atoms with Crippen molar-refractivity contribution < 1.29 is 4.79 Å². The highest BCUT2D eigenvalue weighted by atomic mass is 16.1. The number of carbonyl (C=O) groups excluding carboxylic acids is 1. The molecule has 0 bridgehead atoms. The molecular weight excluding hydrogens is 214 g/mol. The van der Waals surface area contributed by atoms with Crippen molar-refractivity contribution in [3.05, 3.63) is 29.3 Å². The van der Waals surface area contributed by atoms with Gasteiger partial charge in [0.1, 0.15) is 5.84 Å². The van der Waals surface area contributed by atoms with Crippen molar-refractivity contribution in [2.45, 2.75) is 26.7 Å². The van der Waals surface area contributed by atoms with Gasteiger partial charge in [0.25, 0.3) is 0 Å². The molecule has 2 rings (SSSR count). The van der Waals surface area contributed by atoms with E-state index in [2.05, 4.69) is 11.1 Å². The summed E-state index contributed by atoms with van der Waals surface area (Å²) in [5, 5.41) is 1.09. The van der Waals surface area contributed by atoms with Crippen LogP contribution in [0.3, 0.4) is 0 Å². The van der Waals surface area contributed by atoms with Gasteiger partial charge in [0.05, 0.1) is 5.69 Å². The number of carbonyl (C=O) groups is 1. The van der Waals surface area contributed by atoms with Gasteiger partial charge in [-0.2, -0.15) is 0 Å². The number of hydrogen-bond acceptors (Lipinski definition) is 3. The largest absolute Gasteiger partial charge is 0.277 e. The zero-order valence-corrected chi connectivity index (χ0v) is 10.2. The highest BCUT2D eigenvalue weighted by molar-refractivity contribution is 5.95. The maximum absolute atomic E-state index is 10.7. The summed E-state index contributed by atoms with van der Waals surface area (Å²) in [6, 6.07) is 6.05. The molecule has 2 N–H and O–H groups in total. The van der Waals surface area contributed by atoms with Gasteiger partial charge in [0, 0.05) is 5.92 Å². The molecule has 1 aromatic carbocycles. The summed E-state index contributed by atoms with van der Waals surface area (Å²) in [5.74, 6) is 6.63. The third-order valence-corrected chi connectivity index (χ3v) is 2.91. The lowest BCUT2D eigenvalue weighted by Gasteiger charge is -2.13. The monoisotopic (exact) mass is 231 g/mol. The first kappa shape index (κ1) is 11.8. The van der Waals surface area contributed by atoms with Crippen LogP contribution in [0, 0.1) is 19.8 Å². The number of hydrogen-bond donors (Lipinski definition) is 1. The van der Waals surface area contributed by atoms with E-state index in [9.17, 15) is 4.79 Å². The van der Waals surface area contributed by atoms with Crippen LogP contribution in [0.15, 0.2) is 23.2 Å². The molecule has 0 aromatic heterocycles. The Morgan fingerprint density at radius 1 is 1.47 bits per heavy atom. The molecule has 0 aliphatic heterocycles. The van der Waals surface area contributed by atoms with Gasteiger partial charge in [0.15, 0.2) is 0 Å². The van der Waals surface area contributed by atoms with E-state index in [1.165, 1.54) is 5.56 Å². The lowest BCUT2D eigenvalue weighted by Crippen LogP contribution is -2.37. The summed E-state index contributed by atoms with van der Waals surface area (Å²) in [6.07, 6.45) is 2.73. The molecule has 0 spiro atoms. The second kappa shape index (κ2) is 4.67. The molecule has 0 saturated heterocycles. The third-order valence-electron chi connectivity index (χ3n) is 2.91. The molecule has 1 aliphatic carbocycles. The van der Waals surface area contributed by atoms with Crippen LogP contribution in [0.1, 0.15) is 24.0 Å². The zero-order valence-electron chi connectivity index (χ0n) is 10.2.